The Morgan fingerprint density at radius 3 is 2.50 bits per heavy atom. The zero-order valence-electron chi connectivity index (χ0n) is 21.2. The van der Waals surface area contributed by atoms with Crippen molar-refractivity contribution in [3.05, 3.63) is 47.4 Å². The van der Waals surface area contributed by atoms with E-state index in [1.54, 1.807) is 24.4 Å². The number of hydrogen-bond acceptors (Lipinski definition) is 8. The number of nitrogens with one attached hydrogen (secondary N) is 2. The molecule has 1 aromatic carbocycles. The summed E-state index contributed by atoms with van der Waals surface area (Å²) in [5, 5.41) is 10.6. The maximum Gasteiger partial charge on any atom is 0.328 e. The number of nitrogens with zero attached hydrogens (tertiary/aromatic N) is 4. The molecule has 0 saturated carbocycles. The molecule has 0 fully saturated rings. The number of methoxy groups -OCH3 is 2. The van der Waals surface area contributed by atoms with Gasteiger partial charge in [-0.1, -0.05) is 25.4 Å². The van der Waals surface area contributed by atoms with Crippen LogP contribution >= 0.6 is 11.6 Å². The number of carbonyl (C=O) groups is 2. The van der Waals surface area contributed by atoms with Crippen LogP contribution < -0.4 is 15.4 Å². The molecule has 11 heteroatoms. The third-order valence-electron chi connectivity index (χ3n) is 5.36. The molecule has 0 aliphatic rings. The summed E-state index contributed by atoms with van der Waals surface area (Å²) in [7, 11) is 2.79. The Morgan fingerprint density at radius 1 is 1.14 bits per heavy atom. The van der Waals surface area contributed by atoms with E-state index in [9.17, 15) is 9.59 Å². The number of rotatable bonds is 10. The lowest BCUT2D eigenvalue weighted by atomic mass is 10.0. The lowest BCUT2D eigenvalue weighted by Gasteiger charge is -2.19. The standard InChI is InChI=1S/C25H31ClN6O4/c1-14(2)9-20(24(34)36-6)29-23(33)16-7-8-19(21(10-16)35-5)30-25-27-12-18(26)22(31-25)17-11-28-32(13-17)15(3)4/h7-8,10-15,20H,9H2,1-6H3,(H,29,33)(H,27,30,31). The van der Waals surface area contributed by atoms with Gasteiger partial charge in [0.25, 0.3) is 5.91 Å². The summed E-state index contributed by atoms with van der Waals surface area (Å²) in [6, 6.07) is 4.33. The van der Waals surface area contributed by atoms with Gasteiger partial charge in [0, 0.05) is 23.4 Å². The van der Waals surface area contributed by atoms with Crippen molar-refractivity contribution < 1.29 is 19.1 Å². The lowest BCUT2D eigenvalue weighted by Crippen LogP contribution is -2.42. The molecule has 0 aliphatic heterocycles. The zero-order valence-corrected chi connectivity index (χ0v) is 22.0. The molecule has 36 heavy (non-hydrogen) atoms. The normalized spacial score (nSPS) is 11.9. The van der Waals surface area contributed by atoms with Crippen LogP contribution in [0.5, 0.6) is 5.75 Å². The van der Waals surface area contributed by atoms with Gasteiger partial charge in [-0.3, -0.25) is 9.48 Å². The number of benzene rings is 1. The Kier molecular flexibility index (Phi) is 8.87. The SMILES string of the molecule is COC(=O)C(CC(C)C)NC(=O)c1ccc(Nc2ncc(Cl)c(-c3cnn(C(C)C)c3)n2)c(OC)c1. The number of amides is 1. The number of carbonyl (C=O) groups excluding carboxylic acids is 2. The smallest absolute Gasteiger partial charge is 0.328 e. The van der Waals surface area contributed by atoms with Gasteiger partial charge in [-0.2, -0.15) is 5.10 Å². The molecule has 1 amide bonds. The maximum atomic E-state index is 12.8. The molecule has 3 rings (SSSR count). The highest BCUT2D eigenvalue weighted by Gasteiger charge is 2.24. The summed E-state index contributed by atoms with van der Waals surface area (Å²) < 4.78 is 12.1. The molecule has 0 saturated heterocycles. The Bertz CT molecular complexity index is 1230. The van der Waals surface area contributed by atoms with Gasteiger partial charge in [-0.15, -0.1) is 0 Å². The van der Waals surface area contributed by atoms with Crippen LogP contribution in [-0.4, -0.2) is 51.9 Å². The van der Waals surface area contributed by atoms with Gasteiger partial charge in [0.1, 0.15) is 11.8 Å². The van der Waals surface area contributed by atoms with E-state index in [4.69, 9.17) is 21.1 Å². The first kappa shape index (κ1) is 26.9. The van der Waals surface area contributed by atoms with E-state index in [0.29, 0.717) is 40.1 Å². The van der Waals surface area contributed by atoms with Gasteiger partial charge in [0.2, 0.25) is 5.95 Å². The summed E-state index contributed by atoms with van der Waals surface area (Å²) in [6.45, 7) is 7.99. The molecule has 10 nitrogen and oxygen atoms in total. The molecular formula is C25H31ClN6O4. The lowest BCUT2D eigenvalue weighted by molar-refractivity contribution is -0.143. The van der Waals surface area contributed by atoms with E-state index >= 15 is 0 Å². The van der Waals surface area contributed by atoms with E-state index < -0.39 is 17.9 Å². The molecule has 2 heterocycles. The Hall–Kier alpha value is -3.66. The van der Waals surface area contributed by atoms with Crippen molar-refractivity contribution in [3.63, 3.8) is 0 Å². The van der Waals surface area contributed by atoms with Crippen LogP contribution in [0.15, 0.2) is 36.8 Å². The minimum absolute atomic E-state index is 0.194. The van der Waals surface area contributed by atoms with E-state index in [-0.39, 0.29) is 12.0 Å². The molecule has 1 unspecified atom stereocenters. The van der Waals surface area contributed by atoms with Crippen molar-refractivity contribution in [3.8, 4) is 17.0 Å². The molecule has 3 aromatic rings. The van der Waals surface area contributed by atoms with Crippen molar-refractivity contribution in [1.82, 2.24) is 25.1 Å². The minimum Gasteiger partial charge on any atom is -0.495 e. The second kappa shape index (κ2) is 11.9. The highest BCUT2D eigenvalue weighted by molar-refractivity contribution is 6.32. The molecule has 1 atom stereocenters. The first-order valence-corrected chi connectivity index (χ1v) is 11.9. The maximum absolute atomic E-state index is 12.8. The Balaban J connectivity index is 1.82. The predicted molar refractivity (Wildman–Crippen MR) is 138 cm³/mol. The summed E-state index contributed by atoms with van der Waals surface area (Å²) in [4.78, 5) is 33.7. The molecule has 192 valence electrons. The summed E-state index contributed by atoms with van der Waals surface area (Å²) in [5.41, 5.74) is 2.18. The van der Waals surface area contributed by atoms with Gasteiger partial charge < -0.3 is 20.1 Å². The number of aromatic nitrogens is 4. The predicted octanol–water partition coefficient (Wildman–Crippen LogP) is 4.64. The van der Waals surface area contributed by atoms with Crippen molar-refractivity contribution in [2.45, 2.75) is 46.2 Å². The quantitative estimate of drug-likeness (QED) is 0.375. The fraction of sp³-hybridized carbons (Fsp3) is 0.400. The van der Waals surface area contributed by atoms with Gasteiger partial charge in [0.15, 0.2) is 0 Å². The number of esters is 1. The highest BCUT2D eigenvalue weighted by atomic mass is 35.5. The first-order chi connectivity index (χ1) is 17.1. The number of halogens is 1. The molecule has 0 radical (unpaired) electrons. The number of anilines is 2. The van der Waals surface area contributed by atoms with Gasteiger partial charge in [0.05, 0.1) is 43.0 Å². The van der Waals surface area contributed by atoms with Gasteiger partial charge in [-0.25, -0.2) is 14.8 Å². The van der Waals surface area contributed by atoms with Crippen LogP contribution in [0.2, 0.25) is 5.02 Å². The first-order valence-electron chi connectivity index (χ1n) is 11.5. The van der Waals surface area contributed by atoms with Crippen LogP contribution in [0.1, 0.15) is 50.5 Å². The van der Waals surface area contributed by atoms with Crippen molar-refractivity contribution in [2.75, 3.05) is 19.5 Å². The number of hydrogen-bond donors (Lipinski definition) is 2. The van der Waals surface area contributed by atoms with E-state index in [0.717, 1.165) is 5.56 Å². The average molecular weight is 515 g/mol. The van der Waals surface area contributed by atoms with Crippen molar-refractivity contribution in [2.24, 2.45) is 5.92 Å². The summed E-state index contributed by atoms with van der Waals surface area (Å²) in [5.74, 6) is -0.0155. The van der Waals surface area contributed by atoms with Gasteiger partial charge in [-0.05, 0) is 44.4 Å². The zero-order chi connectivity index (χ0) is 26.4. The van der Waals surface area contributed by atoms with E-state index in [1.165, 1.54) is 20.4 Å². The topological polar surface area (TPSA) is 120 Å². The third kappa shape index (κ3) is 6.51. The summed E-state index contributed by atoms with van der Waals surface area (Å²) in [6.07, 6.45) is 5.54. The molecule has 2 N–H and O–H groups in total. The molecule has 2 aromatic heterocycles. The van der Waals surface area contributed by atoms with Crippen molar-refractivity contribution in [1.29, 1.82) is 0 Å². The van der Waals surface area contributed by atoms with E-state index in [2.05, 4.69) is 25.7 Å². The number of ether oxygens (including phenoxy) is 2. The van der Waals surface area contributed by atoms with Crippen LogP contribution in [0, 0.1) is 5.92 Å². The second-order valence-corrected chi connectivity index (χ2v) is 9.32. The minimum atomic E-state index is -0.743. The van der Waals surface area contributed by atoms with Crippen LogP contribution in [0.4, 0.5) is 11.6 Å². The largest absolute Gasteiger partial charge is 0.495 e. The monoisotopic (exact) mass is 514 g/mol. The Labute approximate surface area is 215 Å². The second-order valence-electron chi connectivity index (χ2n) is 8.91. The van der Waals surface area contributed by atoms with Gasteiger partial charge >= 0.3 is 5.97 Å². The molecule has 0 bridgehead atoms. The molecule has 0 aliphatic carbocycles. The fourth-order valence-corrected chi connectivity index (χ4v) is 3.70. The van der Waals surface area contributed by atoms with Crippen LogP contribution in [0.25, 0.3) is 11.3 Å². The molecule has 0 spiro atoms. The van der Waals surface area contributed by atoms with Crippen LogP contribution in [0.3, 0.4) is 0 Å². The highest BCUT2D eigenvalue weighted by Crippen LogP contribution is 2.31. The van der Waals surface area contributed by atoms with Crippen molar-refractivity contribution >= 4 is 35.1 Å². The Morgan fingerprint density at radius 2 is 1.89 bits per heavy atom. The average Bonchev–Trinajstić information content (AvgIpc) is 3.34. The third-order valence-corrected chi connectivity index (χ3v) is 5.63. The van der Waals surface area contributed by atoms with Crippen LogP contribution in [-0.2, 0) is 9.53 Å². The van der Waals surface area contributed by atoms with E-state index in [1.807, 2.05) is 38.6 Å². The summed E-state index contributed by atoms with van der Waals surface area (Å²) >= 11 is 6.35. The fourth-order valence-electron chi connectivity index (χ4n) is 3.50. The molecular weight excluding hydrogens is 484 g/mol.